The standard InChI is InChI=1S/C16H15ClFNO4S2/c17-15-10-13(6-7-16(15)18)25(22,23)19-9-8-14(11-19)24(20,21)12-4-2-1-3-5-12/h1-7,10,14H,8-9,11H2. The molecule has 1 fully saturated rings. The third kappa shape index (κ3) is 3.44. The molecule has 1 heterocycles. The van der Waals surface area contributed by atoms with Crippen molar-refractivity contribution < 1.29 is 21.2 Å². The molecule has 0 radical (unpaired) electrons. The van der Waals surface area contributed by atoms with Crippen molar-refractivity contribution in [3.8, 4) is 0 Å². The molecule has 5 nitrogen and oxygen atoms in total. The summed E-state index contributed by atoms with van der Waals surface area (Å²) >= 11 is 5.65. The maximum Gasteiger partial charge on any atom is 0.243 e. The summed E-state index contributed by atoms with van der Waals surface area (Å²) in [6.07, 6.45) is 0.200. The minimum absolute atomic E-state index is 0.0774. The van der Waals surface area contributed by atoms with Crippen molar-refractivity contribution in [2.75, 3.05) is 13.1 Å². The molecule has 1 aliphatic heterocycles. The van der Waals surface area contributed by atoms with Crippen LogP contribution in [0.5, 0.6) is 0 Å². The monoisotopic (exact) mass is 403 g/mol. The van der Waals surface area contributed by atoms with Gasteiger partial charge in [-0.2, -0.15) is 4.31 Å². The van der Waals surface area contributed by atoms with E-state index in [2.05, 4.69) is 0 Å². The van der Waals surface area contributed by atoms with Crippen LogP contribution in [0.2, 0.25) is 5.02 Å². The average molecular weight is 404 g/mol. The predicted molar refractivity (Wildman–Crippen MR) is 92.2 cm³/mol. The molecular weight excluding hydrogens is 389 g/mol. The average Bonchev–Trinajstić information content (AvgIpc) is 3.10. The zero-order chi connectivity index (χ0) is 18.2. The lowest BCUT2D eigenvalue weighted by Gasteiger charge is -2.17. The van der Waals surface area contributed by atoms with Crippen LogP contribution in [-0.2, 0) is 19.9 Å². The van der Waals surface area contributed by atoms with Gasteiger partial charge < -0.3 is 0 Å². The number of rotatable bonds is 4. The first-order valence-electron chi connectivity index (χ1n) is 7.47. The first-order chi connectivity index (χ1) is 11.7. The van der Waals surface area contributed by atoms with Crippen LogP contribution in [0, 0.1) is 5.82 Å². The predicted octanol–water partition coefficient (Wildman–Crippen LogP) is 2.72. The quantitative estimate of drug-likeness (QED) is 0.786. The van der Waals surface area contributed by atoms with Gasteiger partial charge in [-0.25, -0.2) is 21.2 Å². The summed E-state index contributed by atoms with van der Waals surface area (Å²) in [5.41, 5.74) is 0. The van der Waals surface area contributed by atoms with E-state index in [0.717, 1.165) is 22.5 Å². The number of halogens is 2. The van der Waals surface area contributed by atoms with Crippen LogP contribution in [-0.4, -0.2) is 39.5 Å². The maximum atomic E-state index is 13.3. The first kappa shape index (κ1) is 18.3. The van der Waals surface area contributed by atoms with Crippen LogP contribution in [0.15, 0.2) is 58.3 Å². The van der Waals surface area contributed by atoms with Gasteiger partial charge in [-0.3, -0.25) is 0 Å². The van der Waals surface area contributed by atoms with Gasteiger partial charge in [0.05, 0.1) is 20.1 Å². The zero-order valence-electron chi connectivity index (χ0n) is 13.0. The topological polar surface area (TPSA) is 71.5 Å². The lowest BCUT2D eigenvalue weighted by atomic mass is 10.3. The Bertz CT molecular complexity index is 994. The van der Waals surface area contributed by atoms with Gasteiger partial charge in [0.1, 0.15) is 5.82 Å². The molecule has 9 heteroatoms. The van der Waals surface area contributed by atoms with Crippen LogP contribution in [0.3, 0.4) is 0 Å². The highest BCUT2D eigenvalue weighted by molar-refractivity contribution is 7.92. The Hall–Kier alpha value is -1.48. The summed E-state index contributed by atoms with van der Waals surface area (Å²) in [6.45, 7) is -0.0668. The Morgan fingerprint density at radius 3 is 2.32 bits per heavy atom. The second kappa shape index (κ2) is 6.68. The van der Waals surface area contributed by atoms with Gasteiger partial charge in [-0.1, -0.05) is 29.8 Å². The fourth-order valence-electron chi connectivity index (χ4n) is 2.76. The number of nitrogens with zero attached hydrogens (tertiary/aromatic N) is 1. The molecule has 1 unspecified atom stereocenters. The van der Waals surface area contributed by atoms with E-state index in [1.165, 1.54) is 12.1 Å². The van der Waals surface area contributed by atoms with Gasteiger partial charge in [0.15, 0.2) is 9.84 Å². The highest BCUT2D eigenvalue weighted by atomic mass is 35.5. The molecule has 2 aromatic carbocycles. The summed E-state index contributed by atoms with van der Waals surface area (Å²) in [4.78, 5) is 0.0146. The van der Waals surface area contributed by atoms with E-state index in [-0.39, 0.29) is 34.3 Å². The third-order valence-electron chi connectivity index (χ3n) is 4.15. The van der Waals surface area contributed by atoms with E-state index in [9.17, 15) is 21.2 Å². The van der Waals surface area contributed by atoms with Crippen LogP contribution >= 0.6 is 11.6 Å². The van der Waals surface area contributed by atoms with Gasteiger partial charge >= 0.3 is 0 Å². The van der Waals surface area contributed by atoms with E-state index in [1.807, 2.05) is 0 Å². The number of sulfone groups is 1. The lowest BCUT2D eigenvalue weighted by Crippen LogP contribution is -2.32. The SMILES string of the molecule is O=S(=O)(c1ccccc1)C1CCN(S(=O)(=O)c2ccc(F)c(Cl)c2)C1. The van der Waals surface area contributed by atoms with Gasteiger partial charge in [0.2, 0.25) is 10.0 Å². The van der Waals surface area contributed by atoms with Crippen molar-refractivity contribution >= 4 is 31.5 Å². The van der Waals surface area contributed by atoms with Crippen molar-refractivity contribution in [2.24, 2.45) is 0 Å². The molecule has 0 aromatic heterocycles. The smallest absolute Gasteiger partial charge is 0.223 e. The summed E-state index contributed by atoms with van der Waals surface area (Å²) in [5.74, 6) is -0.716. The molecule has 0 amide bonds. The molecule has 1 saturated heterocycles. The summed E-state index contributed by atoms with van der Waals surface area (Å²) in [6, 6.07) is 11.1. The van der Waals surface area contributed by atoms with Crippen molar-refractivity contribution in [1.82, 2.24) is 4.31 Å². The van der Waals surface area contributed by atoms with Gasteiger partial charge in [0, 0.05) is 13.1 Å². The fourth-order valence-corrected chi connectivity index (χ4v) is 6.34. The zero-order valence-corrected chi connectivity index (χ0v) is 15.4. The molecule has 1 atom stereocenters. The van der Waals surface area contributed by atoms with E-state index < -0.39 is 30.9 Å². The normalized spacial score (nSPS) is 19.2. The second-order valence-electron chi connectivity index (χ2n) is 5.71. The highest BCUT2D eigenvalue weighted by Crippen LogP contribution is 2.29. The number of hydrogen-bond donors (Lipinski definition) is 0. The molecule has 0 N–H and O–H groups in total. The largest absolute Gasteiger partial charge is 0.243 e. The number of sulfonamides is 1. The summed E-state index contributed by atoms with van der Waals surface area (Å²) in [5, 5.41) is -1.12. The second-order valence-corrected chi connectivity index (χ2v) is 10.3. The summed E-state index contributed by atoms with van der Waals surface area (Å²) < 4.78 is 65.0. The number of benzene rings is 2. The Morgan fingerprint density at radius 1 is 1.00 bits per heavy atom. The van der Waals surface area contributed by atoms with Gasteiger partial charge in [0.25, 0.3) is 0 Å². The van der Waals surface area contributed by atoms with Crippen LogP contribution in [0.1, 0.15) is 6.42 Å². The Morgan fingerprint density at radius 2 is 1.68 bits per heavy atom. The highest BCUT2D eigenvalue weighted by Gasteiger charge is 2.39. The van der Waals surface area contributed by atoms with Crippen LogP contribution in [0.25, 0.3) is 0 Å². The lowest BCUT2D eigenvalue weighted by molar-refractivity contribution is 0.476. The maximum absolute atomic E-state index is 13.3. The first-order valence-corrected chi connectivity index (χ1v) is 10.8. The van der Waals surface area contributed by atoms with Crippen molar-refractivity contribution in [3.05, 3.63) is 59.4 Å². The van der Waals surface area contributed by atoms with E-state index in [4.69, 9.17) is 11.6 Å². The fraction of sp³-hybridized carbons (Fsp3) is 0.250. The summed E-state index contributed by atoms with van der Waals surface area (Å²) in [7, 11) is -7.56. The van der Waals surface area contributed by atoms with Gasteiger partial charge in [-0.05, 0) is 36.8 Å². The van der Waals surface area contributed by atoms with E-state index >= 15 is 0 Å². The number of hydrogen-bond acceptors (Lipinski definition) is 4. The third-order valence-corrected chi connectivity index (χ3v) is 8.49. The van der Waals surface area contributed by atoms with Crippen LogP contribution < -0.4 is 0 Å². The Balaban J connectivity index is 1.86. The van der Waals surface area contributed by atoms with Crippen molar-refractivity contribution in [2.45, 2.75) is 21.5 Å². The van der Waals surface area contributed by atoms with Gasteiger partial charge in [-0.15, -0.1) is 0 Å². The molecule has 0 bridgehead atoms. The minimum Gasteiger partial charge on any atom is -0.223 e. The van der Waals surface area contributed by atoms with E-state index in [0.29, 0.717) is 0 Å². The molecule has 0 aliphatic carbocycles. The van der Waals surface area contributed by atoms with Crippen molar-refractivity contribution in [1.29, 1.82) is 0 Å². The van der Waals surface area contributed by atoms with Crippen molar-refractivity contribution in [3.63, 3.8) is 0 Å². The molecule has 3 rings (SSSR count). The molecule has 2 aromatic rings. The van der Waals surface area contributed by atoms with Crippen LogP contribution in [0.4, 0.5) is 4.39 Å². The molecule has 25 heavy (non-hydrogen) atoms. The Kier molecular flexibility index (Phi) is 4.89. The van der Waals surface area contributed by atoms with E-state index in [1.54, 1.807) is 18.2 Å². The molecule has 1 aliphatic rings. The molecule has 0 saturated carbocycles. The molecule has 0 spiro atoms. The molecule has 134 valence electrons. The Labute approximate surface area is 151 Å². The minimum atomic E-state index is -3.94. The molecular formula is C16H15ClFNO4S2.